The van der Waals surface area contributed by atoms with E-state index in [1.807, 2.05) is 12.1 Å². The van der Waals surface area contributed by atoms with Crippen LogP contribution in [0.1, 0.15) is 52.7 Å². The van der Waals surface area contributed by atoms with E-state index in [4.69, 9.17) is 9.47 Å². The highest BCUT2D eigenvalue weighted by atomic mass is 16.6. The second kappa shape index (κ2) is 7.00. The molecule has 0 spiro atoms. The third-order valence-electron chi connectivity index (χ3n) is 7.26. The number of benzene rings is 2. The van der Waals surface area contributed by atoms with Crippen LogP contribution in [0.25, 0.3) is 0 Å². The first-order valence-electron chi connectivity index (χ1n) is 10.3. The van der Waals surface area contributed by atoms with Gasteiger partial charge in [0.1, 0.15) is 5.75 Å². The smallest absolute Gasteiger partial charge is 0.337 e. The quantitative estimate of drug-likeness (QED) is 0.448. The molecule has 156 valence electrons. The molecule has 2 bridgehead atoms. The monoisotopic (exact) mass is 408 g/mol. The van der Waals surface area contributed by atoms with E-state index in [-0.39, 0.29) is 28.5 Å². The zero-order valence-corrected chi connectivity index (χ0v) is 17.0. The Kier molecular flexibility index (Phi) is 4.41. The number of ether oxygens (including phenoxy) is 2. The molecule has 0 aromatic heterocycles. The Morgan fingerprint density at radius 1 is 1.13 bits per heavy atom. The molecule has 2 aromatic rings. The number of anilines is 1. The number of nitrogens with one attached hydrogen (secondary N) is 1. The third-order valence-corrected chi connectivity index (χ3v) is 7.26. The number of nitro benzene ring substituents is 1. The lowest BCUT2D eigenvalue weighted by atomic mass is 9.68. The van der Waals surface area contributed by atoms with Gasteiger partial charge in [0.25, 0.3) is 5.69 Å². The van der Waals surface area contributed by atoms with Crippen molar-refractivity contribution in [3.8, 4) is 5.75 Å². The molecule has 5 rings (SSSR count). The number of rotatable bonds is 4. The molecule has 2 saturated carbocycles. The Labute approximate surface area is 174 Å². The first-order valence-corrected chi connectivity index (χ1v) is 10.3. The summed E-state index contributed by atoms with van der Waals surface area (Å²) in [6.07, 6.45) is 3.54. The number of nitro groups is 1. The molecule has 0 unspecified atom stereocenters. The SMILES string of the molecule is COC(=O)c1ccc([C@@H]2Nc3c(OC)cc([N+](=O)[O-])cc3[C@H]3[C@H]4CC[C@@H](C4)[C@@H]32)cc1. The fourth-order valence-corrected chi connectivity index (χ4v) is 6.08. The highest BCUT2D eigenvalue weighted by molar-refractivity contribution is 5.89. The van der Waals surface area contributed by atoms with E-state index in [0.717, 1.165) is 23.2 Å². The van der Waals surface area contributed by atoms with Crippen molar-refractivity contribution >= 4 is 17.3 Å². The number of esters is 1. The average Bonchev–Trinajstić information content (AvgIpc) is 3.40. The number of fused-ring (bicyclic) bond motifs is 7. The molecular weight excluding hydrogens is 384 g/mol. The van der Waals surface area contributed by atoms with Gasteiger partial charge in [-0.05, 0) is 66.2 Å². The van der Waals surface area contributed by atoms with Gasteiger partial charge in [-0.2, -0.15) is 0 Å². The largest absolute Gasteiger partial charge is 0.494 e. The van der Waals surface area contributed by atoms with Gasteiger partial charge in [0.15, 0.2) is 0 Å². The topological polar surface area (TPSA) is 90.7 Å². The zero-order chi connectivity index (χ0) is 21.0. The van der Waals surface area contributed by atoms with Crippen LogP contribution in [0.2, 0.25) is 0 Å². The van der Waals surface area contributed by atoms with Crippen LogP contribution in [-0.2, 0) is 4.74 Å². The maximum atomic E-state index is 11.8. The Hall–Kier alpha value is -3.09. The minimum atomic E-state index is -0.352. The minimum absolute atomic E-state index is 0.0693. The van der Waals surface area contributed by atoms with Gasteiger partial charge in [-0.15, -0.1) is 0 Å². The first kappa shape index (κ1) is 18.9. The van der Waals surface area contributed by atoms with Crippen LogP contribution in [0, 0.1) is 27.9 Å². The number of carbonyl (C=O) groups is 1. The first-order chi connectivity index (χ1) is 14.5. The molecule has 1 heterocycles. The van der Waals surface area contributed by atoms with Crippen molar-refractivity contribution in [1.29, 1.82) is 0 Å². The van der Waals surface area contributed by atoms with Crippen LogP contribution in [0.4, 0.5) is 11.4 Å². The number of hydrogen-bond acceptors (Lipinski definition) is 6. The van der Waals surface area contributed by atoms with Crippen LogP contribution < -0.4 is 10.1 Å². The molecule has 1 aliphatic heterocycles. The maximum absolute atomic E-state index is 11.8. The summed E-state index contributed by atoms with van der Waals surface area (Å²) in [6.45, 7) is 0. The average molecular weight is 408 g/mol. The van der Waals surface area contributed by atoms with E-state index in [1.54, 1.807) is 25.3 Å². The summed E-state index contributed by atoms with van der Waals surface area (Å²) < 4.78 is 10.4. The van der Waals surface area contributed by atoms with Gasteiger partial charge in [-0.25, -0.2) is 4.79 Å². The standard InChI is InChI=1S/C23H24N2O5/c1-29-18-11-16(25(27)28)10-17-19-14-7-8-15(9-14)20(19)21(24-22(17)18)12-3-5-13(6-4-12)23(26)30-2/h3-6,10-11,14-15,19-21,24H,7-9H2,1-2H3/t14-,15-,19+,20-,21-/m0/s1. The molecule has 0 amide bonds. The van der Waals surface area contributed by atoms with Gasteiger partial charge in [0.05, 0.1) is 42.5 Å². The number of methoxy groups -OCH3 is 2. The summed E-state index contributed by atoms with van der Waals surface area (Å²) in [5.74, 6) is 1.94. The van der Waals surface area contributed by atoms with Crippen molar-refractivity contribution in [2.45, 2.75) is 31.2 Å². The number of hydrogen-bond donors (Lipinski definition) is 1. The molecule has 2 aromatic carbocycles. The Bertz CT molecular complexity index is 1020. The van der Waals surface area contributed by atoms with Crippen LogP contribution in [0.15, 0.2) is 36.4 Å². The molecule has 5 atom stereocenters. The number of nitrogens with zero attached hydrogens (tertiary/aromatic N) is 1. The molecule has 3 aliphatic rings. The van der Waals surface area contributed by atoms with Crippen molar-refractivity contribution in [3.63, 3.8) is 0 Å². The van der Waals surface area contributed by atoms with Crippen molar-refractivity contribution < 1.29 is 19.2 Å². The second-order valence-corrected chi connectivity index (χ2v) is 8.54. The molecule has 1 N–H and O–H groups in total. The van der Waals surface area contributed by atoms with Crippen molar-refractivity contribution in [2.75, 3.05) is 19.5 Å². The molecule has 7 nitrogen and oxygen atoms in total. The fourth-order valence-electron chi connectivity index (χ4n) is 6.08. The molecule has 2 aliphatic carbocycles. The predicted octanol–water partition coefficient (Wildman–Crippen LogP) is 4.69. The predicted molar refractivity (Wildman–Crippen MR) is 111 cm³/mol. The molecular formula is C23H24N2O5. The van der Waals surface area contributed by atoms with Gasteiger partial charge < -0.3 is 14.8 Å². The van der Waals surface area contributed by atoms with Crippen LogP contribution in [0.5, 0.6) is 5.75 Å². The van der Waals surface area contributed by atoms with E-state index >= 15 is 0 Å². The van der Waals surface area contributed by atoms with E-state index < -0.39 is 0 Å². The summed E-state index contributed by atoms with van der Waals surface area (Å²) >= 11 is 0. The van der Waals surface area contributed by atoms with E-state index in [1.165, 1.54) is 26.0 Å². The van der Waals surface area contributed by atoms with Gasteiger partial charge >= 0.3 is 5.97 Å². The molecule has 0 saturated heterocycles. The summed E-state index contributed by atoms with van der Waals surface area (Å²) in [7, 11) is 2.93. The zero-order valence-electron chi connectivity index (χ0n) is 17.0. The third kappa shape index (κ3) is 2.75. The Morgan fingerprint density at radius 3 is 2.53 bits per heavy atom. The number of non-ortho nitro benzene ring substituents is 1. The highest BCUT2D eigenvalue weighted by Gasteiger charge is 2.54. The highest BCUT2D eigenvalue weighted by Crippen LogP contribution is 2.65. The van der Waals surface area contributed by atoms with Crippen molar-refractivity contribution in [2.24, 2.45) is 17.8 Å². The normalized spacial score (nSPS) is 28.3. The van der Waals surface area contributed by atoms with Crippen LogP contribution in [0.3, 0.4) is 0 Å². The Morgan fingerprint density at radius 2 is 1.87 bits per heavy atom. The summed E-state index contributed by atoms with van der Waals surface area (Å²) in [4.78, 5) is 23.0. The van der Waals surface area contributed by atoms with Gasteiger partial charge in [-0.1, -0.05) is 12.1 Å². The summed E-state index contributed by atoms with van der Waals surface area (Å²) in [5.41, 5.74) is 3.58. The lowest BCUT2D eigenvalue weighted by Gasteiger charge is -2.43. The molecule has 30 heavy (non-hydrogen) atoms. The van der Waals surface area contributed by atoms with Gasteiger partial charge in [0.2, 0.25) is 0 Å². The van der Waals surface area contributed by atoms with Crippen LogP contribution >= 0.6 is 0 Å². The van der Waals surface area contributed by atoms with Crippen LogP contribution in [-0.4, -0.2) is 25.1 Å². The minimum Gasteiger partial charge on any atom is -0.494 e. The van der Waals surface area contributed by atoms with E-state index in [2.05, 4.69) is 5.32 Å². The number of carbonyl (C=O) groups excluding carboxylic acids is 1. The summed E-state index contributed by atoms with van der Waals surface area (Å²) in [5, 5.41) is 15.2. The van der Waals surface area contributed by atoms with Gasteiger partial charge in [0, 0.05) is 6.07 Å². The second-order valence-electron chi connectivity index (χ2n) is 8.54. The Balaban J connectivity index is 1.60. The lowest BCUT2D eigenvalue weighted by molar-refractivity contribution is -0.385. The fraction of sp³-hybridized carbons (Fsp3) is 0.435. The van der Waals surface area contributed by atoms with Gasteiger partial charge in [-0.3, -0.25) is 10.1 Å². The maximum Gasteiger partial charge on any atom is 0.337 e. The van der Waals surface area contributed by atoms with Crippen molar-refractivity contribution in [1.82, 2.24) is 0 Å². The molecule has 7 heteroatoms. The van der Waals surface area contributed by atoms with Crippen molar-refractivity contribution in [3.05, 3.63) is 63.2 Å². The van der Waals surface area contributed by atoms with E-state index in [9.17, 15) is 14.9 Å². The lowest BCUT2D eigenvalue weighted by Crippen LogP contribution is -2.35. The van der Waals surface area contributed by atoms with E-state index in [0.29, 0.717) is 29.1 Å². The molecule has 0 radical (unpaired) electrons. The molecule has 2 fully saturated rings. The summed E-state index contributed by atoms with van der Waals surface area (Å²) in [6, 6.07) is 10.9.